The van der Waals surface area contributed by atoms with Gasteiger partial charge in [0.2, 0.25) is 0 Å². The monoisotopic (exact) mass is 370 g/mol. The fraction of sp³-hybridized carbons (Fsp3) is 0.318. The van der Waals surface area contributed by atoms with Crippen LogP contribution in [0.15, 0.2) is 47.5 Å². The Morgan fingerprint density at radius 2 is 1.96 bits per heavy atom. The number of fused-ring (bicyclic) bond motifs is 1. The standard InChI is InChI=1S/C22H24ClFN2/c1-5-10-26-21-12-18(23)16(11-17(21)15(2)13-22(26,3)4)14-25-20-9-7-6-8-19(20)24/h6-9,11-14H,5,10H2,1-4H3. The second-order valence-electron chi connectivity index (χ2n) is 7.23. The molecular formula is C22H24ClFN2. The second kappa shape index (κ2) is 7.24. The predicted octanol–water partition coefficient (Wildman–Crippen LogP) is 6.64. The Morgan fingerprint density at radius 3 is 2.65 bits per heavy atom. The first-order chi connectivity index (χ1) is 12.3. The number of aliphatic imine (C=N–C) groups is 1. The Bertz CT molecular complexity index is 884. The number of anilines is 1. The van der Waals surface area contributed by atoms with Gasteiger partial charge in [0.05, 0.1) is 16.2 Å². The van der Waals surface area contributed by atoms with Gasteiger partial charge in [0.1, 0.15) is 5.82 Å². The highest BCUT2D eigenvalue weighted by molar-refractivity contribution is 6.33. The van der Waals surface area contributed by atoms with E-state index in [1.807, 2.05) is 12.1 Å². The van der Waals surface area contributed by atoms with E-state index in [4.69, 9.17) is 11.6 Å². The molecule has 0 amide bonds. The lowest BCUT2D eigenvalue weighted by atomic mass is 9.88. The molecule has 0 aliphatic carbocycles. The molecule has 0 spiro atoms. The maximum atomic E-state index is 13.8. The largest absolute Gasteiger partial charge is 0.362 e. The summed E-state index contributed by atoms with van der Waals surface area (Å²) in [6.07, 6.45) is 4.98. The summed E-state index contributed by atoms with van der Waals surface area (Å²) >= 11 is 6.54. The highest BCUT2D eigenvalue weighted by Crippen LogP contribution is 2.41. The Kier molecular flexibility index (Phi) is 5.19. The summed E-state index contributed by atoms with van der Waals surface area (Å²) in [5.74, 6) is -0.343. The lowest BCUT2D eigenvalue weighted by Gasteiger charge is -2.43. The van der Waals surface area contributed by atoms with Crippen molar-refractivity contribution in [2.45, 2.75) is 39.7 Å². The molecule has 0 saturated carbocycles. The molecule has 0 N–H and O–H groups in total. The number of nitrogens with zero attached hydrogens (tertiary/aromatic N) is 2. The minimum absolute atomic E-state index is 0.0564. The van der Waals surface area contributed by atoms with Crippen LogP contribution in [0.1, 0.15) is 45.2 Å². The number of hydrogen-bond donors (Lipinski definition) is 0. The van der Waals surface area contributed by atoms with Gasteiger partial charge in [-0.15, -0.1) is 0 Å². The average Bonchev–Trinajstić information content (AvgIpc) is 2.58. The molecule has 2 aromatic rings. The van der Waals surface area contributed by atoms with Crippen LogP contribution in [0, 0.1) is 5.82 Å². The fourth-order valence-electron chi connectivity index (χ4n) is 3.54. The molecule has 1 aliphatic heterocycles. The third kappa shape index (κ3) is 3.54. The van der Waals surface area contributed by atoms with E-state index in [0.29, 0.717) is 10.7 Å². The van der Waals surface area contributed by atoms with Crippen LogP contribution in [-0.4, -0.2) is 18.3 Å². The van der Waals surface area contributed by atoms with Gasteiger partial charge >= 0.3 is 0 Å². The van der Waals surface area contributed by atoms with Crippen LogP contribution in [-0.2, 0) is 0 Å². The Hall–Kier alpha value is -2.13. The van der Waals surface area contributed by atoms with E-state index in [9.17, 15) is 4.39 Å². The number of hydrogen-bond acceptors (Lipinski definition) is 2. The van der Waals surface area contributed by atoms with Gasteiger partial charge in [0.15, 0.2) is 0 Å². The molecule has 0 fully saturated rings. The summed E-state index contributed by atoms with van der Waals surface area (Å²) in [5, 5.41) is 0.621. The SMILES string of the molecule is CCCN1c2cc(Cl)c(C=Nc3ccccc3F)cc2C(C)=CC1(C)C. The predicted molar refractivity (Wildman–Crippen MR) is 110 cm³/mol. The van der Waals surface area contributed by atoms with Crippen LogP contribution in [0.25, 0.3) is 5.57 Å². The van der Waals surface area contributed by atoms with Crippen LogP contribution in [0.2, 0.25) is 5.02 Å². The normalized spacial score (nSPS) is 15.9. The van der Waals surface area contributed by atoms with Crippen molar-refractivity contribution in [1.29, 1.82) is 0 Å². The Labute approximate surface area is 160 Å². The highest BCUT2D eigenvalue weighted by Gasteiger charge is 2.31. The second-order valence-corrected chi connectivity index (χ2v) is 7.64. The Morgan fingerprint density at radius 1 is 1.23 bits per heavy atom. The van der Waals surface area contributed by atoms with Crippen LogP contribution in [0.4, 0.5) is 15.8 Å². The van der Waals surface area contributed by atoms with Crippen LogP contribution in [0.5, 0.6) is 0 Å². The summed E-state index contributed by atoms with van der Waals surface area (Å²) in [5.41, 5.74) is 4.55. The summed E-state index contributed by atoms with van der Waals surface area (Å²) in [4.78, 5) is 6.67. The van der Waals surface area contributed by atoms with Crippen LogP contribution in [0.3, 0.4) is 0 Å². The number of halogens is 2. The third-order valence-electron chi connectivity index (χ3n) is 4.74. The zero-order valence-corrected chi connectivity index (χ0v) is 16.4. The van der Waals surface area contributed by atoms with Gasteiger partial charge in [-0.1, -0.05) is 36.7 Å². The van der Waals surface area contributed by atoms with E-state index >= 15 is 0 Å². The van der Waals surface area contributed by atoms with Crippen molar-refractivity contribution in [2.75, 3.05) is 11.4 Å². The molecule has 26 heavy (non-hydrogen) atoms. The summed E-state index contributed by atoms with van der Waals surface area (Å²) in [6, 6.07) is 10.5. The molecule has 0 atom stereocenters. The maximum absolute atomic E-state index is 13.8. The first-order valence-corrected chi connectivity index (χ1v) is 9.31. The Balaban J connectivity index is 2.04. The van der Waals surface area contributed by atoms with Crippen molar-refractivity contribution in [3.63, 3.8) is 0 Å². The lowest BCUT2D eigenvalue weighted by Crippen LogP contribution is -2.45. The van der Waals surface area contributed by atoms with Gasteiger partial charge in [-0.2, -0.15) is 0 Å². The molecule has 1 heterocycles. The molecule has 2 nitrogen and oxygen atoms in total. The minimum atomic E-state index is -0.343. The molecule has 2 aromatic carbocycles. The molecule has 136 valence electrons. The average molecular weight is 371 g/mol. The van der Waals surface area contributed by atoms with Crippen molar-refractivity contribution in [3.8, 4) is 0 Å². The zero-order chi connectivity index (χ0) is 18.9. The van der Waals surface area contributed by atoms with Gasteiger partial charge in [0.25, 0.3) is 0 Å². The van der Waals surface area contributed by atoms with E-state index < -0.39 is 0 Å². The van der Waals surface area contributed by atoms with Gasteiger partial charge in [0, 0.05) is 29.6 Å². The summed E-state index contributed by atoms with van der Waals surface area (Å²) in [7, 11) is 0. The van der Waals surface area contributed by atoms with Crippen molar-refractivity contribution >= 4 is 34.8 Å². The van der Waals surface area contributed by atoms with Gasteiger partial charge in [-0.25, -0.2) is 4.39 Å². The van der Waals surface area contributed by atoms with E-state index in [1.54, 1.807) is 24.4 Å². The molecule has 0 radical (unpaired) electrons. The van der Waals surface area contributed by atoms with Crippen molar-refractivity contribution in [2.24, 2.45) is 4.99 Å². The topological polar surface area (TPSA) is 15.6 Å². The first-order valence-electron chi connectivity index (χ1n) is 8.93. The highest BCUT2D eigenvalue weighted by atomic mass is 35.5. The van der Waals surface area contributed by atoms with Gasteiger partial charge in [-0.3, -0.25) is 4.99 Å². The first kappa shape index (κ1) is 18.7. The third-order valence-corrected chi connectivity index (χ3v) is 5.07. The number of benzene rings is 2. The maximum Gasteiger partial charge on any atom is 0.148 e. The number of para-hydroxylation sites is 1. The molecule has 0 bridgehead atoms. The van der Waals surface area contributed by atoms with Crippen molar-refractivity contribution in [3.05, 3.63) is 64.4 Å². The number of rotatable bonds is 4. The molecule has 0 aromatic heterocycles. The lowest BCUT2D eigenvalue weighted by molar-refractivity contribution is 0.550. The van der Waals surface area contributed by atoms with Crippen molar-refractivity contribution in [1.82, 2.24) is 0 Å². The molecule has 4 heteroatoms. The smallest absolute Gasteiger partial charge is 0.148 e. The van der Waals surface area contributed by atoms with E-state index in [2.05, 4.69) is 43.7 Å². The summed E-state index contributed by atoms with van der Waals surface area (Å²) in [6.45, 7) is 9.70. The van der Waals surface area contributed by atoms with E-state index in [1.165, 1.54) is 11.6 Å². The fourth-order valence-corrected chi connectivity index (χ4v) is 3.75. The van der Waals surface area contributed by atoms with Crippen molar-refractivity contribution < 1.29 is 4.39 Å². The van der Waals surface area contributed by atoms with Crippen LogP contribution < -0.4 is 4.90 Å². The molecule has 0 unspecified atom stereocenters. The van der Waals surface area contributed by atoms with E-state index in [-0.39, 0.29) is 11.4 Å². The molecule has 3 rings (SSSR count). The minimum Gasteiger partial charge on any atom is -0.362 e. The van der Waals surface area contributed by atoms with Crippen LogP contribution >= 0.6 is 11.6 Å². The zero-order valence-electron chi connectivity index (χ0n) is 15.7. The summed E-state index contributed by atoms with van der Waals surface area (Å²) < 4.78 is 13.8. The van der Waals surface area contributed by atoms with Gasteiger partial charge in [-0.05, 0) is 57.0 Å². The quantitative estimate of drug-likeness (QED) is 0.550. The molecular weight excluding hydrogens is 347 g/mol. The molecule has 0 saturated heterocycles. The van der Waals surface area contributed by atoms with Gasteiger partial charge < -0.3 is 4.90 Å². The molecule has 1 aliphatic rings. The number of allylic oxidation sites excluding steroid dienone is 1. The van der Waals surface area contributed by atoms with E-state index in [0.717, 1.165) is 29.8 Å².